The Morgan fingerprint density at radius 1 is 1.13 bits per heavy atom. The SMILES string of the molecule is Cc1cc(N2CC(C)N(C(=O)C(F)(F)F)C(C)C2)ccc1NC1CC2(CC(N)C2)C1. The topological polar surface area (TPSA) is 61.6 Å². The molecule has 4 rings (SSSR count). The predicted octanol–water partition coefficient (Wildman–Crippen LogP) is 3.66. The number of halogens is 3. The predicted molar refractivity (Wildman–Crippen MR) is 112 cm³/mol. The van der Waals surface area contributed by atoms with Gasteiger partial charge in [-0.2, -0.15) is 13.2 Å². The number of benzene rings is 1. The van der Waals surface area contributed by atoms with Crippen LogP contribution < -0.4 is 16.0 Å². The molecule has 1 aliphatic heterocycles. The summed E-state index contributed by atoms with van der Waals surface area (Å²) in [6.45, 7) is 6.16. The minimum atomic E-state index is -4.83. The summed E-state index contributed by atoms with van der Waals surface area (Å²) < 4.78 is 38.7. The fourth-order valence-electron chi connectivity index (χ4n) is 5.78. The zero-order valence-electron chi connectivity index (χ0n) is 17.8. The van der Waals surface area contributed by atoms with Crippen molar-refractivity contribution < 1.29 is 18.0 Å². The van der Waals surface area contributed by atoms with Gasteiger partial charge in [0, 0.05) is 48.6 Å². The van der Waals surface area contributed by atoms with Crippen molar-refractivity contribution in [3.05, 3.63) is 23.8 Å². The summed E-state index contributed by atoms with van der Waals surface area (Å²) in [5.74, 6) is -1.75. The van der Waals surface area contributed by atoms with Gasteiger partial charge in [0.1, 0.15) is 0 Å². The third-order valence-corrected chi connectivity index (χ3v) is 7.08. The van der Waals surface area contributed by atoms with Crippen molar-refractivity contribution >= 4 is 17.3 Å². The minimum Gasteiger partial charge on any atom is -0.382 e. The van der Waals surface area contributed by atoms with E-state index in [-0.39, 0.29) is 0 Å². The first-order valence-electron chi connectivity index (χ1n) is 10.7. The quantitative estimate of drug-likeness (QED) is 0.777. The van der Waals surface area contributed by atoms with E-state index >= 15 is 0 Å². The van der Waals surface area contributed by atoms with E-state index in [9.17, 15) is 18.0 Å². The largest absolute Gasteiger partial charge is 0.471 e. The van der Waals surface area contributed by atoms with Crippen molar-refractivity contribution in [2.24, 2.45) is 11.1 Å². The number of amides is 1. The van der Waals surface area contributed by atoms with E-state index in [4.69, 9.17) is 5.73 Å². The minimum absolute atomic E-state index is 0.378. The number of anilines is 2. The summed E-state index contributed by atoms with van der Waals surface area (Å²) in [4.78, 5) is 14.8. The molecule has 1 aromatic carbocycles. The molecular weight excluding hydrogens is 393 g/mol. The molecule has 2 aliphatic carbocycles. The highest BCUT2D eigenvalue weighted by atomic mass is 19.4. The van der Waals surface area contributed by atoms with Crippen LogP contribution in [0.15, 0.2) is 18.2 Å². The molecule has 166 valence electrons. The zero-order chi connectivity index (χ0) is 21.8. The number of piperazine rings is 1. The second kappa shape index (κ2) is 7.32. The van der Waals surface area contributed by atoms with E-state index in [1.165, 1.54) is 12.8 Å². The monoisotopic (exact) mass is 424 g/mol. The van der Waals surface area contributed by atoms with Gasteiger partial charge in [0.2, 0.25) is 0 Å². The van der Waals surface area contributed by atoms with Crippen molar-refractivity contribution in [2.75, 3.05) is 23.3 Å². The van der Waals surface area contributed by atoms with Crippen molar-refractivity contribution in [3.63, 3.8) is 0 Å². The number of hydrogen-bond donors (Lipinski definition) is 2. The van der Waals surface area contributed by atoms with Gasteiger partial charge in [-0.05, 0) is 75.6 Å². The molecule has 2 unspecified atom stereocenters. The molecule has 3 N–H and O–H groups in total. The Balaban J connectivity index is 1.38. The Morgan fingerprint density at radius 2 is 1.73 bits per heavy atom. The molecule has 3 fully saturated rings. The molecule has 1 aromatic rings. The summed E-state index contributed by atoms with van der Waals surface area (Å²) in [6.07, 6.45) is -0.206. The first-order chi connectivity index (χ1) is 14.0. The molecule has 30 heavy (non-hydrogen) atoms. The Kier molecular flexibility index (Phi) is 5.19. The average molecular weight is 425 g/mol. The molecular formula is C22H31F3N4O. The van der Waals surface area contributed by atoms with E-state index in [1.54, 1.807) is 13.8 Å². The first kappa shape index (κ1) is 21.3. The van der Waals surface area contributed by atoms with E-state index in [0.29, 0.717) is 30.6 Å². The van der Waals surface area contributed by atoms with Crippen LogP contribution in [-0.2, 0) is 4.79 Å². The van der Waals surface area contributed by atoms with Crippen LogP contribution >= 0.6 is 0 Å². The molecule has 3 aliphatic rings. The number of hydrogen-bond acceptors (Lipinski definition) is 4. The van der Waals surface area contributed by atoms with Crippen molar-refractivity contribution in [1.29, 1.82) is 0 Å². The van der Waals surface area contributed by atoms with Gasteiger partial charge in [-0.3, -0.25) is 4.79 Å². The lowest BCUT2D eigenvalue weighted by Crippen LogP contribution is -2.61. The van der Waals surface area contributed by atoms with Gasteiger partial charge in [-0.1, -0.05) is 0 Å². The molecule has 0 radical (unpaired) electrons. The number of nitrogens with one attached hydrogen (secondary N) is 1. The van der Waals surface area contributed by atoms with Crippen molar-refractivity contribution in [3.8, 4) is 0 Å². The number of carbonyl (C=O) groups is 1. The number of carbonyl (C=O) groups excluding carboxylic acids is 1. The van der Waals surface area contributed by atoms with Crippen molar-refractivity contribution in [1.82, 2.24) is 4.90 Å². The molecule has 1 spiro atoms. The highest BCUT2D eigenvalue weighted by Crippen LogP contribution is 2.56. The zero-order valence-corrected chi connectivity index (χ0v) is 17.8. The summed E-state index contributed by atoms with van der Waals surface area (Å²) in [5, 5.41) is 3.63. The summed E-state index contributed by atoms with van der Waals surface area (Å²) in [6, 6.07) is 6.00. The van der Waals surface area contributed by atoms with Gasteiger partial charge in [0.25, 0.3) is 0 Å². The fourth-order valence-corrected chi connectivity index (χ4v) is 5.78. The molecule has 5 nitrogen and oxygen atoms in total. The Hall–Kier alpha value is -1.96. The highest BCUT2D eigenvalue weighted by molar-refractivity contribution is 5.82. The first-order valence-corrected chi connectivity index (χ1v) is 10.7. The molecule has 1 amide bonds. The van der Waals surface area contributed by atoms with Gasteiger partial charge in [-0.25, -0.2) is 0 Å². The smallest absolute Gasteiger partial charge is 0.382 e. The van der Waals surface area contributed by atoms with E-state index in [0.717, 1.165) is 34.7 Å². The van der Waals surface area contributed by atoms with Gasteiger partial charge >= 0.3 is 12.1 Å². The number of rotatable bonds is 3. The van der Waals surface area contributed by atoms with Crippen LogP contribution in [0.25, 0.3) is 0 Å². The Bertz CT molecular complexity index is 801. The maximum Gasteiger partial charge on any atom is 0.471 e. The highest BCUT2D eigenvalue weighted by Gasteiger charge is 2.51. The summed E-state index contributed by atoms with van der Waals surface area (Å²) in [5.41, 5.74) is 9.62. The van der Waals surface area contributed by atoms with Gasteiger partial charge in [-0.15, -0.1) is 0 Å². The molecule has 1 saturated heterocycles. The normalized spacial score (nSPS) is 33.8. The maximum absolute atomic E-state index is 12.9. The molecule has 8 heteroatoms. The molecule has 0 aromatic heterocycles. The third kappa shape index (κ3) is 3.86. The second-order valence-corrected chi connectivity index (χ2v) is 9.73. The number of aryl methyl sites for hydroxylation is 1. The van der Waals surface area contributed by atoms with Gasteiger partial charge < -0.3 is 20.9 Å². The van der Waals surface area contributed by atoms with Crippen LogP contribution in [0.5, 0.6) is 0 Å². The van der Waals surface area contributed by atoms with E-state index in [1.807, 2.05) is 6.07 Å². The number of nitrogens with two attached hydrogens (primary N) is 1. The van der Waals surface area contributed by atoms with Crippen molar-refractivity contribution in [2.45, 2.75) is 76.8 Å². The molecule has 2 atom stereocenters. The van der Waals surface area contributed by atoms with Crippen LogP contribution in [0.3, 0.4) is 0 Å². The molecule has 0 bridgehead atoms. The lowest BCUT2D eigenvalue weighted by Gasteiger charge is -2.57. The van der Waals surface area contributed by atoms with Crippen LogP contribution in [0.1, 0.15) is 45.1 Å². The third-order valence-electron chi connectivity index (χ3n) is 7.08. The number of alkyl halides is 3. The standard InChI is InChI=1S/C22H31F3N4O/c1-13-6-18(4-5-19(13)27-17-9-21(10-17)7-16(26)8-21)28-11-14(2)29(15(3)12-28)20(30)22(23,24)25/h4-6,14-17,27H,7-12,26H2,1-3H3. The summed E-state index contributed by atoms with van der Waals surface area (Å²) in [7, 11) is 0. The van der Waals surface area contributed by atoms with Crippen LogP contribution in [0.2, 0.25) is 0 Å². The average Bonchev–Trinajstić information content (AvgIpc) is 2.58. The molecule has 2 saturated carbocycles. The lowest BCUT2D eigenvalue weighted by atomic mass is 9.52. The Labute approximate surface area is 175 Å². The van der Waals surface area contributed by atoms with Crippen LogP contribution in [0.4, 0.5) is 24.5 Å². The van der Waals surface area contributed by atoms with Crippen LogP contribution in [0, 0.1) is 12.3 Å². The second-order valence-electron chi connectivity index (χ2n) is 9.73. The Morgan fingerprint density at radius 3 is 2.23 bits per heavy atom. The summed E-state index contributed by atoms with van der Waals surface area (Å²) >= 11 is 0. The molecule has 1 heterocycles. The van der Waals surface area contributed by atoms with E-state index < -0.39 is 24.2 Å². The van der Waals surface area contributed by atoms with Crippen LogP contribution in [-0.4, -0.2) is 54.2 Å². The maximum atomic E-state index is 12.9. The van der Waals surface area contributed by atoms with Gasteiger partial charge in [0.05, 0.1) is 0 Å². The van der Waals surface area contributed by atoms with Gasteiger partial charge in [0.15, 0.2) is 0 Å². The fraction of sp³-hybridized carbons (Fsp3) is 0.682. The van der Waals surface area contributed by atoms with E-state index in [2.05, 4.69) is 29.3 Å². The number of nitrogens with zero attached hydrogens (tertiary/aromatic N) is 2. The lowest BCUT2D eigenvalue weighted by molar-refractivity contribution is -0.190.